The zero-order valence-corrected chi connectivity index (χ0v) is 14.0. The van der Waals surface area contributed by atoms with E-state index in [0.29, 0.717) is 32.2 Å². The average molecular weight is 319 g/mol. The number of ether oxygens (including phenoxy) is 1. The molecule has 1 aliphatic heterocycles. The summed E-state index contributed by atoms with van der Waals surface area (Å²) in [6, 6.07) is 9.75. The van der Waals surface area contributed by atoms with Gasteiger partial charge >= 0.3 is 12.1 Å². The van der Waals surface area contributed by atoms with Crippen LogP contribution in [0.1, 0.15) is 45.6 Å². The van der Waals surface area contributed by atoms with Crippen LogP contribution in [0.3, 0.4) is 0 Å². The van der Waals surface area contributed by atoms with Gasteiger partial charge in [-0.3, -0.25) is 4.90 Å². The second-order valence-electron chi connectivity index (χ2n) is 7.06. The molecule has 1 N–H and O–H groups in total. The highest BCUT2D eigenvalue weighted by Gasteiger charge is 2.50. The lowest BCUT2D eigenvalue weighted by molar-refractivity contribution is -0.149. The molecule has 1 unspecified atom stereocenters. The highest BCUT2D eigenvalue weighted by atomic mass is 16.6. The van der Waals surface area contributed by atoms with E-state index < -0.39 is 23.2 Å². The van der Waals surface area contributed by atoms with Crippen molar-refractivity contribution >= 4 is 12.1 Å². The molecule has 0 radical (unpaired) electrons. The van der Waals surface area contributed by atoms with E-state index in [0.717, 1.165) is 5.56 Å². The lowest BCUT2D eigenvalue weighted by Crippen LogP contribution is -2.54. The predicted molar refractivity (Wildman–Crippen MR) is 87.3 cm³/mol. The molecular formula is C18H25NO4. The number of hydrogen-bond acceptors (Lipinski definition) is 3. The molecule has 1 saturated heterocycles. The number of hydrogen-bond donors (Lipinski definition) is 1. The summed E-state index contributed by atoms with van der Waals surface area (Å²) in [7, 11) is 0. The van der Waals surface area contributed by atoms with Crippen molar-refractivity contribution in [2.24, 2.45) is 0 Å². The van der Waals surface area contributed by atoms with E-state index in [2.05, 4.69) is 0 Å². The Morgan fingerprint density at radius 2 is 1.91 bits per heavy atom. The van der Waals surface area contributed by atoms with Crippen LogP contribution in [0.5, 0.6) is 0 Å². The maximum absolute atomic E-state index is 12.4. The van der Waals surface area contributed by atoms with Gasteiger partial charge in [-0.25, -0.2) is 9.59 Å². The number of benzene rings is 1. The molecule has 1 aromatic rings. The first-order chi connectivity index (χ1) is 10.7. The Labute approximate surface area is 137 Å². The van der Waals surface area contributed by atoms with Crippen molar-refractivity contribution in [2.75, 3.05) is 6.54 Å². The second kappa shape index (κ2) is 6.60. The van der Waals surface area contributed by atoms with Crippen LogP contribution in [0.15, 0.2) is 30.3 Å². The minimum Gasteiger partial charge on any atom is -0.479 e. The van der Waals surface area contributed by atoms with E-state index >= 15 is 0 Å². The Morgan fingerprint density at radius 3 is 2.48 bits per heavy atom. The normalized spacial score (nSPS) is 21.3. The number of carboxylic acids is 1. The second-order valence-corrected chi connectivity index (χ2v) is 7.06. The van der Waals surface area contributed by atoms with Gasteiger partial charge in [0.15, 0.2) is 0 Å². The largest absolute Gasteiger partial charge is 0.479 e. The number of rotatable bonds is 4. The monoisotopic (exact) mass is 319 g/mol. The average Bonchev–Trinajstić information content (AvgIpc) is 2.90. The molecular weight excluding hydrogens is 294 g/mol. The molecule has 0 aliphatic carbocycles. The fourth-order valence-electron chi connectivity index (χ4n) is 3.05. The van der Waals surface area contributed by atoms with Crippen LogP contribution >= 0.6 is 0 Å². The van der Waals surface area contributed by atoms with E-state index in [1.54, 1.807) is 20.8 Å². The summed E-state index contributed by atoms with van der Waals surface area (Å²) in [5.74, 6) is -0.947. The van der Waals surface area contributed by atoms with Crippen molar-refractivity contribution in [1.82, 2.24) is 4.90 Å². The molecule has 0 bridgehead atoms. The van der Waals surface area contributed by atoms with Gasteiger partial charge in [0, 0.05) is 6.54 Å². The number of carboxylic acid groups (broad SMARTS) is 1. The van der Waals surface area contributed by atoms with Crippen LogP contribution in [0.25, 0.3) is 0 Å². The molecule has 1 aliphatic rings. The lowest BCUT2D eigenvalue weighted by Gasteiger charge is -2.36. The van der Waals surface area contributed by atoms with Crippen LogP contribution < -0.4 is 0 Å². The van der Waals surface area contributed by atoms with E-state index in [4.69, 9.17) is 4.74 Å². The summed E-state index contributed by atoms with van der Waals surface area (Å²) in [5, 5.41) is 9.81. The highest BCUT2D eigenvalue weighted by Crippen LogP contribution is 2.35. The van der Waals surface area contributed by atoms with Crippen LogP contribution in [-0.4, -0.2) is 39.8 Å². The molecule has 23 heavy (non-hydrogen) atoms. The van der Waals surface area contributed by atoms with E-state index in [-0.39, 0.29) is 0 Å². The summed E-state index contributed by atoms with van der Waals surface area (Å²) in [4.78, 5) is 25.8. The fourth-order valence-corrected chi connectivity index (χ4v) is 3.05. The molecule has 1 heterocycles. The van der Waals surface area contributed by atoms with Crippen molar-refractivity contribution in [3.05, 3.63) is 35.9 Å². The van der Waals surface area contributed by atoms with Gasteiger partial charge in [0.05, 0.1) is 0 Å². The smallest absolute Gasteiger partial charge is 0.411 e. The first-order valence-electron chi connectivity index (χ1n) is 8.02. The number of amides is 1. The quantitative estimate of drug-likeness (QED) is 0.922. The van der Waals surface area contributed by atoms with Gasteiger partial charge in [-0.2, -0.15) is 0 Å². The van der Waals surface area contributed by atoms with Gasteiger partial charge in [-0.05, 0) is 52.0 Å². The molecule has 126 valence electrons. The topological polar surface area (TPSA) is 66.8 Å². The van der Waals surface area contributed by atoms with E-state index in [9.17, 15) is 14.7 Å². The Bertz CT molecular complexity index is 564. The van der Waals surface area contributed by atoms with Crippen molar-refractivity contribution in [1.29, 1.82) is 0 Å². The maximum Gasteiger partial charge on any atom is 0.411 e. The summed E-state index contributed by atoms with van der Waals surface area (Å²) in [5.41, 5.74) is -0.731. The zero-order chi connectivity index (χ0) is 17.1. The van der Waals surface area contributed by atoms with Crippen LogP contribution in [0.2, 0.25) is 0 Å². The highest BCUT2D eigenvalue weighted by molar-refractivity contribution is 5.85. The van der Waals surface area contributed by atoms with E-state index in [1.165, 1.54) is 4.90 Å². The molecule has 1 fully saturated rings. The number of carbonyl (C=O) groups is 2. The molecule has 0 aromatic heterocycles. The molecule has 1 atom stereocenters. The summed E-state index contributed by atoms with van der Waals surface area (Å²) in [6.07, 6.45) is 1.62. The van der Waals surface area contributed by atoms with Gasteiger partial charge < -0.3 is 9.84 Å². The Hall–Kier alpha value is -2.04. The number of likely N-dealkylation sites (tertiary alicyclic amines) is 1. The van der Waals surface area contributed by atoms with Crippen LogP contribution in [-0.2, 0) is 16.0 Å². The number of aryl methyl sites for hydroxylation is 1. The molecule has 0 saturated carbocycles. The summed E-state index contributed by atoms with van der Waals surface area (Å²) in [6.45, 7) is 5.78. The van der Waals surface area contributed by atoms with Gasteiger partial charge in [0.2, 0.25) is 0 Å². The van der Waals surface area contributed by atoms with Crippen molar-refractivity contribution < 1.29 is 19.4 Å². The Balaban J connectivity index is 2.17. The molecule has 1 amide bonds. The Kier molecular flexibility index (Phi) is 4.97. The molecule has 1 aromatic carbocycles. The first kappa shape index (κ1) is 17.3. The third-order valence-electron chi connectivity index (χ3n) is 4.17. The van der Waals surface area contributed by atoms with Crippen LogP contribution in [0, 0.1) is 0 Å². The first-order valence-corrected chi connectivity index (χ1v) is 8.02. The van der Waals surface area contributed by atoms with Gasteiger partial charge in [0.1, 0.15) is 11.1 Å². The number of aliphatic carboxylic acids is 1. The van der Waals surface area contributed by atoms with Crippen molar-refractivity contribution in [3.8, 4) is 0 Å². The SMILES string of the molecule is CC(C)(C)OC(=O)N1CCCC1(CCc1ccccc1)C(=O)O. The molecule has 5 heteroatoms. The molecule has 0 spiro atoms. The maximum atomic E-state index is 12.4. The van der Waals surface area contributed by atoms with Gasteiger partial charge in [0.25, 0.3) is 0 Å². The van der Waals surface area contributed by atoms with E-state index in [1.807, 2.05) is 30.3 Å². The number of carbonyl (C=O) groups excluding carboxylic acids is 1. The lowest BCUT2D eigenvalue weighted by atomic mass is 9.88. The van der Waals surface area contributed by atoms with Crippen molar-refractivity contribution in [3.63, 3.8) is 0 Å². The standard InChI is InChI=1S/C18H25NO4/c1-17(2,3)23-16(22)19-13-7-11-18(19,15(20)21)12-10-14-8-5-4-6-9-14/h4-6,8-9H,7,10-13H2,1-3H3,(H,20,21). The third kappa shape index (κ3) is 4.03. The third-order valence-corrected chi connectivity index (χ3v) is 4.17. The minimum absolute atomic E-state index is 0.394. The Morgan fingerprint density at radius 1 is 1.26 bits per heavy atom. The summed E-state index contributed by atoms with van der Waals surface area (Å²) < 4.78 is 5.40. The fraction of sp³-hybridized carbons (Fsp3) is 0.556. The minimum atomic E-state index is -1.17. The zero-order valence-electron chi connectivity index (χ0n) is 14.0. The predicted octanol–water partition coefficient (Wildman–Crippen LogP) is 3.47. The molecule has 2 rings (SSSR count). The molecule has 5 nitrogen and oxygen atoms in total. The number of nitrogens with zero attached hydrogens (tertiary/aromatic N) is 1. The summed E-state index contributed by atoms with van der Waals surface area (Å²) >= 11 is 0. The van der Waals surface area contributed by atoms with Gasteiger partial charge in [-0.1, -0.05) is 30.3 Å². The van der Waals surface area contributed by atoms with Crippen molar-refractivity contribution in [2.45, 2.75) is 57.6 Å². The van der Waals surface area contributed by atoms with Gasteiger partial charge in [-0.15, -0.1) is 0 Å². The van der Waals surface area contributed by atoms with Crippen LogP contribution in [0.4, 0.5) is 4.79 Å².